The van der Waals surface area contributed by atoms with Crippen LogP contribution in [0.15, 0.2) is 36.7 Å². The van der Waals surface area contributed by atoms with Crippen LogP contribution in [0, 0.1) is 26.1 Å². The van der Waals surface area contributed by atoms with E-state index in [-0.39, 0.29) is 34.2 Å². The average molecular weight is 366 g/mol. The Balaban J connectivity index is 0.000000196. The molecule has 0 bridgehead atoms. The van der Waals surface area contributed by atoms with Crippen molar-refractivity contribution in [2.75, 3.05) is 5.32 Å². The van der Waals surface area contributed by atoms with Crippen LogP contribution in [0.1, 0.15) is 12.8 Å². The molecule has 0 atom stereocenters. The van der Waals surface area contributed by atoms with Crippen LogP contribution >= 0.6 is 11.6 Å². The van der Waals surface area contributed by atoms with Crippen molar-refractivity contribution in [3.63, 3.8) is 0 Å². The van der Waals surface area contributed by atoms with E-state index in [1.165, 1.54) is 36.7 Å². The Morgan fingerprint density at radius 2 is 1.64 bits per heavy atom. The molecule has 2 heterocycles. The number of amides is 1. The minimum Gasteiger partial charge on any atom is -0.310 e. The minimum atomic E-state index is -0.520. The molecular formula is C14H12ClN5O5. The predicted molar refractivity (Wildman–Crippen MR) is 88.1 cm³/mol. The normalized spacial score (nSPS) is 12.5. The van der Waals surface area contributed by atoms with Crippen LogP contribution in [0.25, 0.3) is 0 Å². The number of carbonyl (C=O) groups excluding carboxylic acids is 1. The van der Waals surface area contributed by atoms with Crippen molar-refractivity contribution in [3.05, 3.63) is 62.0 Å². The van der Waals surface area contributed by atoms with Gasteiger partial charge in [0.25, 0.3) is 11.4 Å². The van der Waals surface area contributed by atoms with Crippen molar-refractivity contribution >= 4 is 34.7 Å². The van der Waals surface area contributed by atoms with Crippen LogP contribution in [-0.2, 0) is 4.79 Å². The number of hydrogen-bond acceptors (Lipinski definition) is 7. The lowest BCUT2D eigenvalue weighted by atomic mass is 10.3. The number of halogens is 1. The number of anilines is 1. The molecule has 130 valence electrons. The summed E-state index contributed by atoms with van der Waals surface area (Å²) in [6, 6.07) is 5.01. The molecule has 1 amide bonds. The van der Waals surface area contributed by atoms with Crippen LogP contribution in [0.5, 0.6) is 0 Å². The Kier molecular flexibility index (Phi) is 5.90. The van der Waals surface area contributed by atoms with Crippen molar-refractivity contribution < 1.29 is 14.6 Å². The maximum Gasteiger partial charge on any atom is 0.274 e. The molecular weight excluding hydrogens is 354 g/mol. The van der Waals surface area contributed by atoms with Gasteiger partial charge in [0.2, 0.25) is 5.91 Å². The fraction of sp³-hybridized carbons (Fsp3) is 0.214. The Morgan fingerprint density at radius 3 is 2.12 bits per heavy atom. The van der Waals surface area contributed by atoms with E-state index in [1.54, 1.807) is 0 Å². The van der Waals surface area contributed by atoms with Crippen LogP contribution < -0.4 is 5.32 Å². The highest BCUT2D eigenvalue weighted by Gasteiger charge is 2.29. The Morgan fingerprint density at radius 1 is 1.08 bits per heavy atom. The van der Waals surface area contributed by atoms with Gasteiger partial charge in [-0.1, -0.05) is 11.6 Å². The number of pyridine rings is 2. The van der Waals surface area contributed by atoms with E-state index < -0.39 is 9.85 Å². The molecule has 2 aromatic rings. The van der Waals surface area contributed by atoms with Gasteiger partial charge < -0.3 is 5.32 Å². The quantitative estimate of drug-likeness (QED) is 0.498. The second kappa shape index (κ2) is 8.11. The van der Waals surface area contributed by atoms with Crippen LogP contribution in [0.2, 0.25) is 5.15 Å². The highest BCUT2D eigenvalue weighted by Crippen LogP contribution is 2.30. The zero-order valence-corrected chi connectivity index (χ0v) is 13.4. The lowest BCUT2D eigenvalue weighted by Crippen LogP contribution is -2.14. The SMILES string of the molecule is O=C(Nc1cc([N+](=O)[O-])ccn1)C1CC1.O=[N+]([O-])c1ccnc(Cl)c1. The number of rotatable bonds is 4. The van der Waals surface area contributed by atoms with Crippen molar-refractivity contribution in [3.8, 4) is 0 Å². The maximum atomic E-state index is 11.3. The van der Waals surface area contributed by atoms with E-state index in [2.05, 4.69) is 15.3 Å². The monoisotopic (exact) mass is 365 g/mol. The molecule has 0 spiro atoms. The summed E-state index contributed by atoms with van der Waals surface area (Å²) in [5, 5.41) is 23.2. The third kappa shape index (κ3) is 5.77. The average Bonchev–Trinajstić information content (AvgIpc) is 3.40. The fourth-order valence-corrected chi connectivity index (χ4v) is 1.85. The van der Waals surface area contributed by atoms with Gasteiger partial charge in [0.15, 0.2) is 0 Å². The first-order chi connectivity index (χ1) is 11.9. The third-order valence-corrected chi connectivity index (χ3v) is 3.28. The van der Waals surface area contributed by atoms with Crippen molar-refractivity contribution in [1.29, 1.82) is 0 Å². The lowest BCUT2D eigenvalue weighted by Gasteiger charge is -2.01. The van der Waals surface area contributed by atoms with Crippen LogP contribution in [0.3, 0.4) is 0 Å². The standard InChI is InChI=1S/C9H9N3O3.C5H3ClN2O2/c13-9(6-1-2-6)11-8-5-7(12(14)15)3-4-10-8;6-5-3-4(8(9)10)1-2-7-5/h3-6H,1-2H2,(H,10,11,13);1-3H. The number of nitrogens with zero attached hydrogens (tertiary/aromatic N) is 4. The summed E-state index contributed by atoms with van der Waals surface area (Å²) >= 11 is 5.37. The number of nitro groups is 2. The second-order valence-electron chi connectivity index (χ2n) is 5.01. The molecule has 0 aromatic carbocycles. The fourth-order valence-electron chi connectivity index (χ4n) is 1.68. The molecule has 1 N–H and O–H groups in total. The highest BCUT2D eigenvalue weighted by molar-refractivity contribution is 6.29. The summed E-state index contributed by atoms with van der Waals surface area (Å²) in [5.74, 6) is 0.190. The van der Waals surface area contributed by atoms with Crippen LogP contribution in [0.4, 0.5) is 17.2 Å². The second-order valence-corrected chi connectivity index (χ2v) is 5.40. The third-order valence-electron chi connectivity index (χ3n) is 3.07. The maximum absolute atomic E-state index is 11.3. The molecule has 0 aliphatic heterocycles. The number of carbonyl (C=O) groups is 1. The van der Waals surface area contributed by atoms with E-state index in [4.69, 9.17) is 11.6 Å². The zero-order chi connectivity index (χ0) is 18.4. The van der Waals surface area contributed by atoms with E-state index in [0.717, 1.165) is 12.8 Å². The molecule has 11 heteroatoms. The molecule has 25 heavy (non-hydrogen) atoms. The first-order valence-corrected chi connectivity index (χ1v) is 7.42. The van der Waals surface area contributed by atoms with Crippen LogP contribution in [-0.4, -0.2) is 25.7 Å². The van der Waals surface area contributed by atoms with E-state index >= 15 is 0 Å². The molecule has 1 fully saturated rings. The predicted octanol–water partition coefficient (Wildman–Crippen LogP) is 2.98. The van der Waals surface area contributed by atoms with Gasteiger partial charge in [0.05, 0.1) is 22.0 Å². The molecule has 1 saturated carbocycles. The smallest absolute Gasteiger partial charge is 0.274 e. The summed E-state index contributed by atoms with van der Waals surface area (Å²) in [6.07, 6.45) is 4.38. The minimum absolute atomic E-state index is 0.0417. The Labute approximate surface area is 146 Å². The summed E-state index contributed by atoms with van der Waals surface area (Å²) < 4.78 is 0. The van der Waals surface area contributed by atoms with Crippen molar-refractivity contribution in [2.24, 2.45) is 5.92 Å². The van der Waals surface area contributed by atoms with Gasteiger partial charge in [-0.2, -0.15) is 0 Å². The van der Waals surface area contributed by atoms with Gasteiger partial charge in [-0.25, -0.2) is 9.97 Å². The van der Waals surface area contributed by atoms with Crippen molar-refractivity contribution in [2.45, 2.75) is 12.8 Å². The molecule has 0 saturated heterocycles. The first-order valence-electron chi connectivity index (χ1n) is 7.04. The van der Waals surface area contributed by atoms with Gasteiger partial charge in [-0.05, 0) is 12.8 Å². The molecule has 2 aromatic heterocycles. The van der Waals surface area contributed by atoms with Gasteiger partial charge in [-0.15, -0.1) is 0 Å². The van der Waals surface area contributed by atoms with Gasteiger partial charge in [-0.3, -0.25) is 25.0 Å². The topological polar surface area (TPSA) is 141 Å². The van der Waals surface area contributed by atoms with Gasteiger partial charge in [0.1, 0.15) is 11.0 Å². The van der Waals surface area contributed by atoms with Crippen molar-refractivity contribution in [1.82, 2.24) is 9.97 Å². The highest BCUT2D eigenvalue weighted by atomic mass is 35.5. The molecule has 3 rings (SSSR count). The molecule has 1 aliphatic rings. The number of nitrogens with one attached hydrogen (secondary N) is 1. The van der Waals surface area contributed by atoms with E-state index in [9.17, 15) is 25.0 Å². The zero-order valence-electron chi connectivity index (χ0n) is 12.7. The Hall–Kier alpha value is -3.14. The van der Waals surface area contributed by atoms with E-state index in [1.807, 2.05) is 0 Å². The van der Waals surface area contributed by atoms with E-state index in [0.29, 0.717) is 0 Å². The van der Waals surface area contributed by atoms with Gasteiger partial charge in [0, 0.05) is 30.4 Å². The molecule has 0 radical (unpaired) electrons. The number of aromatic nitrogens is 2. The summed E-state index contributed by atoms with van der Waals surface area (Å²) in [7, 11) is 0. The molecule has 10 nitrogen and oxygen atoms in total. The largest absolute Gasteiger partial charge is 0.310 e. The summed E-state index contributed by atoms with van der Waals surface area (Å²) in [4.78, 5) is 38.2. The number of hydrogen-bond donors (Lipinski definition) is 1. The summed E-state index contributed by atoms with van der Waals surface area (Å²) in [6.45, 7) is 0. The first kappa shape index (κ1) is 18.2. The lowest BCUT2D eigenvalue weighted by molar-refractivity contribution is -0.385. The summed E-state index contributed by atoms with van der Waals surface area (Å²) in [5.41, 5.74) is -0.115. The molecule has 1 aliphatic carbocycles. The molecule has 0 unspecified atom stereocenters. The Bertz CT molecular complexity index is 812. The van der Waals surface area contributed by atoms with Gasteiger partial charge >= 0.3 is 0 Å².